The molecule has 0 N–H and O–H groups in total. The minimum atomic E-state index is -0.379. The van der Waals surface area contributed by atoms with Crippen LogP contribution in [0.4, 0.5) is 5.95 Å². The average Bonchev–Trinajstić information content (AvgIpc) is 3.47. The molecule has 1 aliphatic rings. The first-order chi connectivity index (χ1) is 16.8. The number of para-hydroxylation sites is 1. The fraction of sp³-hybridized carbons (Fsp3) is 0.478. The zero-order chi connectivity index (χ0) is 24.7. The lowest BCUT2D eigenvalue weighted by molar-refractivity contribution is 0.352. The van der Waals surface area contributed by atoms with E-state index in [2.05, 4.69) is 34.3 Å². The number of thioether (sulfide) groups is 1. The van der Waals surface area contributed by atoms with Crippen LogP contribution in [0.25, 0.3) is 16.9 Å². The van der Waals surface area contributed by atoms with Crippen molar-refractivity contribution in [2.75, 3.05) is 23.7 Å². The van der Waals surface area contributed by atoms with Crippen molar-refractivity contribution in [1.82, 2.24) is 38.9 Å². The maximum Gasteiger partial charge on any atom is 0.332 e. The Kier molecular flexibility index (Phi) is 6.22. The summed E-state index contributed by atoms with van der Waals surface area (Å²) in [5.41, 5.74) is 1.03. The summed E-state index contributed by atoms with van der Waals surface area (Å²) in [7, 11) is 3.17. The first-order valence-corrected chi connectivity index (χ1v) is 12.7. The van der Waals surface area contributed by atoms with Crippen LogP contribution in [0, 0.1) is 11.8 Å². The topological polar surface area (TPSA) is 109 Å². The van der Waals surface area contributed by atoms with Gasteiger partial charge in [-0.15, -0.1) is 5.10 Å². The van der Waals surface area contributed by atoms with Crippen molar-refractivity contribution in [2.45, 2.75) is 32.0 Å². The molecule has 3 aromatic heterocycles. The van der Waals surface area contributed by atoms with Gasteiger partial charge in [-0.1, -0.05) is 43.8 Å². The number of rotatable bonds is 6. The normalized spacial score (nSPS) is 18.5. The standard InChI is InChI=1S/C23H29N9O2S/c1-15-12-16(2)14-30(13-15)21-24-19-18(20(33)29(4)23(34)28(19)3)31(21)10-11-35-22-25-26-27-32(22)17-8-6-5-7-9-17/h5-9,15-16H,10-14H2,1-4H3/t15-,16+. The number of tetrazole rings is 1. The number of aromatic nitrogens is 8. The molecule has 0 amide bonds. The van der Waals surface area contributed by atoms with E-state index >= 15 is 0 Å². The number of hydrogen-bond acceptors (Lipinski definition) is 8. The zero-order valence-corrected chi connectivity index (χ0v) is 21.1. The molecule has 0 unspecified atom stereocenters. The van der Waals surface area contributed by atoms with E-state index in [-0.39, 0.29) is 11.2 Å². The van der Waals surface area contributed by atoms with Crippen molar-refractivity contribution in [3.63, 3.8) is 0 Å². The molecule has 0 aliphatic carbocycles. The highest BCUT2D eigenvalue weighted by Gasteiger charge is 2.28. The van der Waals surface area contributed by atoms with Gasteiger partial charge in [-0.3, -0.25) is 13.9 Å². The lowest BCUT2D eigenvalue weighted by Gasteiger charge is -2.35. The third-order valence-electron chi connectivity index (χ3n) is 6.47. The number of hydrogen-bond donors (Lipinski definition) is 0. The average molecular weight is 496 g/mol. The van der Waals surface area contributed by atoms with Gasteiger partial charge in [0.05, 0.1) is 5.69 Å². The second kappa shape index (κ2) is 9.33. The zero-order valence-electron chi connectivity index (χ0n) is 20.3. The smallest absolute Gasteiger partial charge is 0.332 e. The third-order valence-corrected chi connectivity index (χ3v) is 7.37. The molecule has 4 aromatic rings. The molecule has 1 aliphatic heterocycles. The van der Waals surface area contributed by atoms with Crippen molar-refractivity contribution in [3.05, 3.63) is 51.2 Å². The van der Waals surface area contributed by atoms with Gasteiger partial charge >= 0.3 is 5.69 Å². The van der Waals surface area contributed by atoms with E-state index in [1.165, 1.54) is 23.4 Å². The number of fused-ring (bicyclic) bond motifs is 1. The number of anilines is 1. The fourth-order valence-electron chi connectivity index (χ4n) is 4.94. The quantitative estimate of drug-likeness (QED) is 0.372. The van der Waals surface area contributed by atoms with Gasteiger partial charge < -0.3 is 9.47 Å². The SMILES string of the molecule is C[C@@H]1C[C@H](C)CN(c2nc3c(c(=O)n(C)c(=O)n3C)n2CCSc2nnnn2-c2ccccc2)C1. The molecule has 184 valence electrons. The summed E-state index contributed by atoms with van der Waals surface area (Å²) >= 11 is 1.51. The van der Waals surface area contributed by atoms with Crippen LogP contribution in [0.3, 0.4) is 0 Å². The van der Waals surface area contributed by atoms with Crippen LogP contribution in [0.15, 0.2) is 45.1 Å². The minimum absolute atomic E-state index is 0.334. The Bertz CT molecular complexity index is 1460. The van der Waals surface area contributed by atoms with Crippen molar-refractivity contribution in [3.8, 4) is 5.69 Å². The van der Waals surface area contributed by atoms with Gasteiger partial charge in [-0.2, -0.15) is 9.67 Å². The van der Waals surface area contributed by atoms with Gasteiger partial charge in [0.1, 0.15) is 0 Å². The summed E-state index contributed by atoms with van der Waals surface area (Å²) in [5, 5.41) is 12.8. The van der Waals surface area contributed by atoms with Crippen LogP contribution >= 0.6 is 11.8 Å². The maximum absolute atomic E-state index is 13.2. The molecule has 0 bridgehead atoms. The molecule has 0 spiro atoms. The number of imidazole rings is 1. The molecular weight excluding hydrogens is 466 g/mol. The fourth-order valence-corrected chi connectivity index (χ4v) is 5.76. The Morgan fingerprint density at radius 1 is 1.03 bits per heavy atom. The summed E-state index contributed by atoms with van der Waals surface area (Å²) in [6.45, 7) is 6.72. The van der Waals surface area contributed by atoms with Gasteiger partial charge in [0.15, 0.2) is 11.2 Å². The van der Waals surface area contributed by atoms with Crippen molar-refractivity contribution >= 4 is 28.9 Å². The molecule has 35 heavy (non-hydrogen) atoms. The maximum atomic E-state index is 13.2. The van der Waals surface area contributed by atoms with Gasteiger partial charge in [0.2, 0.25) is 11.1 Å². The van der Waals surface area contributed by atoms with Gasteiger partial charge in [0.25, 0.3) is 5.56 Å². The second-order valence-electron chi connectivity index (χ2n) is 9.35. The third kappa shape index (κ3) is 4.26. The van der Waals surface area contributed by atoms with E-state index in [0.717, 1.165) is 35.7 Å². The van der Waals surface area contributed by atoms with Crippen LogP contribution in [-0.2, 0) is 20.6 Å². The van der Waals surface area contributed by atoms with E-state index in [4.69, 9.17) is 4.98 Å². The highest BCUT2D eigenvalue weighted by Crippen LogP contribution is 2.28. The predicted molar refractivity (Wildman–Crippen MR) is 135 cm³/mol. The molecule has 11 nitrogen and oxygen atoms in total. The Morgan fingerprint density at radius 3 is 2.46 bits per heavy atom. The van der Waals surface area contributed by atoms with E-state index in [1.807, 2.05) is 34.9 Å². The Balaban J connectivity index is 1.51. The molecule has 0 radical (unpaired) electrons. The van der Waals surface area contributed by atoms with E-state index in [1.54, 1.807) is 11.7 Å². The Hall–Kier alpha value is -3.41. The summed E-state index contributed by atoms with van der Waals surface area (Å²) in [6.07, 6.45) is 1.16. The van der Waals surface area contributed by atoms with Crippen LogP contribution in [0.5, 0.6) is 0 Å². The lowest BCUT2D eigenvalue weighted by Crippen LogP contribution is -2.40. The summed E-state index contributed by atoms with van der Waals surface area (Å²) < 4.78 is 6.27. The monoisotopic (exact) mass is 495 g/mol. The van der Waals surface area contributed by atoms with Gasteiger partial charge in [-0.05, 0) is 40.8 Å². The number of nitrogens with zero attached hydrogens (tertiary/aromatic N) is 9. The second-order valence-corrected chi connectivity index (χ2v) is 10.4. The highest BCUT2D eigenvalue weighted by molar-refractivity contribution is 7.99. The Labute approximate surface area is 206 Å². The molecule has 0 saturated carbocycles. The van der Waals surface area contributed by atoms with E-state index in [9.17, 15) is 9.59 Å². The molecule has 2 atom stereocenters. The molecular formula is C23H29N9O2S. The van der Waals surface area contributed by atoms with Gasteiger partial charge in [0, 0.05) is 39.5 Å². The lowest BCUT2D eigenvalue weighted by atomic mass is 9.92. The summed E-state index contributed by atoms with van der Waals surface area (Å²) in [6, 6.07) is 9.73. The Morgan fingerprint density at radius 2 is 1.74 bits per heavy atom. The summed E-state index contributed by atoms with van der Waals surface area (Å²) in [5.74, 6) is 2.39. The first kappa shape index (κ1) is 23.3. The highest BCUT2D eigenvalue weighted by atomic mass is 32.2. The van der Waals surface area contributed by atoms with Crippen molar-refractivity contribution < 1.29 is 0 Å². The van der Waals surface area contributed by atoms with E-state index < -0.39 is 0 Å². The molecule has 5 rings (SSSR count). The van der Waals surface area contributed by atoms with Crippen LogP contribution < -0.4 is 16.1 Å². The van der Waals surface area contributed by atoms with Gasteiger partial charge in [-0.25, -0.2) is 4.79 Å². The van der Waals surface area contributed by atoms with Crippen LogP contribution in [0.1, 0.15) is 20.3 Å². The molecule has 1 aromatic carbocycles. The largest absolute Gasteiger partial charge is 0.342 e. The van der Waals surface area contributed by atoms with Crippen LogP contribution in [-0.4, -0.2) is 57.7 Å². The van der Waals surface area contributed by atoms with E-state index in [0.29, 0.717) is 40.5 Å². The number of aryl methyl sites for hydroxylation is 2. The molecule has 1 fully saturated rings. The minimum Gasteiger partial charge on any atom is -0.342 e. The molecule has 4 heterocycles. The first-order valence-electron chi connectivity index (χ1n) is 11.7. The number of benzene rings is 1. The summed E-state index contributed by atoms with van der Waals surface area (Å²) in [4.78, 5) is 32.9. The molecule has 1 saturated heterocycles. The van der Waals surface area contributed by atoms with Crippen molar-refractivity contribution in [2.24, 2.45) is 25.9 Å². The molecule has 12 heteroatoms. The number of piperidine rings is 1. The van der Waals surface area contributed by atoms with Crippen molar-refractivity contribution in [1.29, 1.82) is 0 Å². The van der Waals surface area contributed by atoms with Crippen LogP contribution in [0.2, 0.25) is 0 Å². The predicted octanol–water partition coefficient (Wildman–Crippen LogP) is 1.68.